The van der Waals surface area contributed by atoms with E-state index < -0.39 is 0 Å². The van der Waals surface area contributed by atoms with Crippen molar-refractivity contribution in [3.63, 3.8) is 0 Å². The van der Waals surface area contributed by atoms with Crippen molar-refractivity contribution in [2.45, 2.75) is 39.8 Å². The van der Waals surface area contributed by atoms with Crippen LogP contribution in [0.1, 0.15) is 42.5 Å². The van der Waals surface area contributed by atoms with Crippen molar-refractivity contribution < 1.29 is 8.83 Å². The van der Waals surface area contributed by atoms with E-state index in [9.17, 15) is 0 Å². The zero-order valence-electron chi connectivity index (χ0n) is 15.4. The number of aryl methyl sites for hydroxylation is 2. The zero-order valence-corrected chi connectivity index (χ0v) is 16.2. The first-order chi connectivity index (χ1) is 12.6. The number of nitrogens with one attached hydrogen (secondary N) is 1. The Bertz CT molecular complexity index is 841. The third-order valence-electron chi connectivity index (χ3n) is 4.56. The molecule has 1 N–H and O–H groups in total. The molecule has 0 saturated carbocycles. The minimum absolute atomic E-state index is 0.0239. The third kappa shape index (κ3) is 3.99. The fourth-order valence-electron chi connectivity index (χ4n) is 3.02. The molecule has 3 rings (SSSR count). The van der Waals surface area contributed by atoms with Gasteiger partial charge in [-0.25, -0.2) is 0 Å². The quantitative estimate of drug-likeness (QED) is 0.565. The van der Waals surface area contributed by atoms with Gasteiger partial charge < -0.3 is 19.1 Å². The van der Waals surface area contributed by atoms with Crippen molar-refractivity contribution in [3.05, 3.63) is 77.6 Å². The van der Waals surface area contributed by atoms with Crippen LogP contribution in [-0.4, -0.2) is 10.0 Å². The summed E-state index contributed by atoms with van der Waals surface area (Å²) in [7, 11) is 0. The number of benzene rings is 1. The average molecular weight is 369 g/mol. The van der Waals surface area contributed by atoms with Crippen LogP contribution in [0.2, 0.25) is 0 Å². The van der Waals surface area contributed by atoms with Gasteiger partial charge in [-0.2, -0.15) is 0 Å². The number of furan rings is 2. The zero-order chi connectivity index (χ0) is 18.5. The smallest absolute Gasteiger partial charge is 0.174 e. The summed E-state index contributed by atoms with van der Waals surface area (Å²) >= 11 is 5.78. The number of rotatable bonds is 6. The number of anilines is 1. The number of para-hydroxylation sites is 1. The minimum Gasteiger partial charge on any atom is -0.467 e. The summed E-state index contributed by atoms with van der Waals surface area (Å²) in [5.74, 6) is 1.72. The van der Waals surface area contributed by atoms with Crippen LogP contribution in [0.25, 0.3) is 0 Å². The van der Waals surface area contributed by atoms with E-state index in [2.05, 4.69) is 49.2 Å². The first kappa shape index (κ1) is 18.3. The Kier molecular flexibility index (Phi) is 5.78. The van der Waals surface area contributed by atoms with E-state index in [0.717, 1.165) is 23.6 Å². The van der Waals surface area contributed by atoms with Crippen LogP contribution >= 0.6 is 12.2 Å². The van der Waals surface area contributed by atoms with Gasteiger partial charge in [0.05, 0.1) is 25.1 Å². The molecule has 4 nitrogen and oxygen atoms in total. The molecule has 0 aliphatic heterocycles. The fourth-order valence-corrected chi connectivity index (χ4v) is 3.34. The summed E-state index contributed by atoms with van der Waals surface area (Å²) in [4.78, 5) is 2.08. The molecule has 0 amide bonds. The fraction of sp³-hybridized carbons (Fsp3) is 0.286. The van der Waals surface area contributed by atoms with E-state index in [1.54, 1.807) is 12.5 Å². The lowest BCUT2D eigenvalue weighted by molar-refractivity contribution is 0.269. The average Bonchev–Trinajstić information content (AvgIpc) is 3.34. The normalized spacial score (nSPS) is 12.0. The molecule has 0 aliphatic carbocycles. The van der Waals surface area contributed by atoms with E-state index >= 15 is 0 Å². The van der Waals surface area contributed by atoms with Crippen molar-refractivity contribution in [2.75, 3.05) is 5.32 Å². The Morgan fingerprint density at radius 3 is 2.54 bits per heavy atom. The summed E-state index contributed by atoms with van der Waals surface area (Å²) in [5.41, 5.74) is 3.50. The maximum absolute atomic E-state index is 5.78. The van der Waals surface area contributed by atoms with Gasteiger partial charge in [-0.3, -0.25) is 0 Å². The summed E-state index contributed by atoms with van der Waals surface area (Å²) in [6, 6.07) is 14.0. The first-order valence-corrected chi connectivity index (χ1v) is 9.22. The number of hydrogen-bond acceptors (Lipinski definition) is 3. The molecule has 0 saturated heterocycles. The van der Waals surface area contributed by atoms with Crippen LogP contribution in [0.4, 0.5) is 5.69 Å². The topological polar surface area (TPSA) is 41.5 Å². The predicted molar refractivity (Wildman–Crippen MR) is 108 cm³/mol. The molecule has 5 heteroatoms. The number of hydrogen-bond donors (Lipinski definition) is 1. The molecule has 2 heterocycles. The first-order valence-electron chi connectivity index (χ1n) is 8.82. The monoisotopic (exact) mass is 368 g/mol. The molecular weight excluding hydrogens is 344 g/mol. The molecular formula is C21H24N2O2S. The van der Waals surface area contributed by atoms with E-state index in [0.29, 0.717) is 11.7 Å². The second-order valence-corrected chi connectivity index (χ2v) is 6.68. The lowest BCUT2D eigenvalue weighted by atomic mass is 10.1. The van der Waals surface area contributed by atoms with Gasteiger partial charge in [-0.1, -0.05) is 25.1 Å². The van der Waals surface area contributed by atoms with Gasteiger partial charge in [0.15, 0.2) is 5.11 Å². The van der Waals surface area contributed by atoms with Crippen molar-refractivity contribution >= 4 is 23.0 Å². The standard InChI is InChI=1S/C21H24N2O2S/c1-4-17-9-5-8-15(2)20(17)22-21(26)23(14-18-10-6-12-24-18)16(3)19-11-7-13-25-19/h5-13,16H,4,14H2,1-3H3,(H,22,26)/t16-/m0/s1. The molecule has 0 aliphatic rings. The lowest BCUT2D eigenvalue weighted by Crippen LogP contribution is -2.36. The molecule has 3 aromatic rings. The lowest BCUT2D eigenvalue weighted by Gasteiger charge is -2.30. The maximum Gasteiger partial charge on any atom is 0.174 e. The molecule has 0 bridgehead atoms. The predicted octanol–water partition coefficient (Wildman–Crippen LogP) is 5.70. The van der Waals surface area contributed by atoms with Gasteiger partial charge in [-0.15, -0.1) is 0 Å². The Balaban J connectivity index is 1.87. The van der Waals surface area contributed by atoms with Gasteiger partial charge in [0, 0.05) is 5.69 Å². The van der Waals surface area contributed by atoms with E-state index in [4.69, 9.17) is 21.1 Å². The van der Waals surface area contributed by atoms with Crippen LogP contribution in [0.3, 0.4) is 0 Å². The van der Waals surface area contributed by atoms with Crippen molar-refractivity contribution in [2.24, 2.45) is 0 Å². The highest BCUT2D eigenvalue weighted by Gasteiger charge is 2.23. The highest BCUT2D eigenvalue weighted by atomic mass is 32.1. The molecule has 1 atom stereocenters. The maximum atomic E-state index is 5.78. The molecule has 0 spiro atoms. The van der Waals surface area contributed by atoms with Gasteiger partial charge in [-0.05, 0) is 67.9 Å². The van der Waals surface area contributed by atoms with E-state index in [1.165, 1.54) is 11.1 Å². The molecule has 26 heavy (non-hydrogen) atoms. The van der Waals surface area contributed by atoms with Crippen LogP contribution in [0.15, 0.2) is 63.8 Å². The van der Waals surface area contributed by atoms with Crippen LogP contribution in [-0.2, 0) is 13.0 Å². The largest absolute Gasteiger partial charge is 0.467 e. The van der Waals surface area contributed by atoms with E-state index in [1.807, 2.05) is 24.3 Å². The highest BCUT2D eigenvalue weighted by Crippen LogP contribution is 2.26. The Morgan fingerprint density at radius 2 is 1.88 bits per heavy atom. The van der Waals surface area contributed by atoms with Crippen molar-refractivity contribution in [1.82, 2.24) is 4.90 Å². The molecule has 2 aromatic heterocycles. The number of thiocarbonyl (C=S) groups is 1. The summed E-state index contributed by atoms with van der Waals surface area (Å²) in [5, 5.41) is 4.11. The second kappa shape index (κ2) is 8.23. The molecule has 0 fully saturated rings. The summed E-state index contributed by atoms with van der Waals surface area (Å²) in [6.07, 6.45) is 4.31. The van der Waals surface area contributed by atoms with Gasteiger partial charge >= 0.3 is 0 Å². The molecule has 136 valence electrons. The Morgan fingerprint density at radius 1 is 1.12 bits per heavy atom. The van der Waals surface area contributed by atoms with Crippen LogP contribution < -0.4 is 5.32 Å². The molecule has 1 aromatic carbocycles. The summed E-state index contributed by atoms with van der Waals surface area (Å²) < 4.78 is 11.1. The molecule has 0 radical (unpaired) electrons. The van der Waals surface area contributed by atoms with Crippen molar-refractivity contribution in [3.8, 4) is 0 Å². The SMILES string of the molecule is CCc1cccc(C)c1NC(=S)N(Cc1ccco1)[C@@H](C)c1ccco1. The summed E-state index contributed by atoms with van der Waals surface area (Å²) in [6.45, 7) is 6.88. The van der Waals surface area contributed by atoms with Crippen LogP contribution in [0, 0.1) is 6.92 Å². The van der Waals surface area contributed by atoms with E-state index in [-0.39, 0.29) is 6.04 Å². The van der Waals surface area contributed by atoms with Gasteiger partial charge in [0.1, 0.15) is 11.5 Å². The third-order valence-corrected chi connectivity index (χ3v) is 4.90. The van der Waals surface area contributed by atoms with Gasteiger partial charge in [0.2, 0.25) is 0 Å². The molecule has 0 unspecified atom stereocenters. The Hall–Kier alpha value is -2.53. The number of nitrogens with zero attached hydrogens (tertiary/aromatic N) is 1. The van der Waals surface area contributed by atoms with Crippen molar-refractivity contribution in [1.29, 1.82) is 0 Å². The highest BCUT2D eigenvalue weighted by molar-refractivity contribution is 7.80. The minimum atomic E-state index is -0.0239. The Labute approximate surface area is 159 Å². The van der Waals surface area contributed by atoms with Gasteiger partial charge in [0.25, 0.3) is 0 Å². The second-order valence-electron chi connectivity index (χ2n) is 6.29. The van der Waals surface area contributed by atoms with Crippen LogP contribution in [0.5, 0.6) is 0 Å².